The van der Waals surface area contributed by atoms with Crippen molar-refractivity contribution in [2.24, 2.45) is 5.41 Å². The predicted octanol–water partition coefficient (Wildman–Crippen LogP) is 6.53. The van der Waals surface area contributed by atoms with E-state index in [2.05, 4.69) is 30.9 Å². The van der Waals surface area contributed by atoms with Gasteiger partial charge in [-0.25, -0.2) is 9.97 Å². The highest BCUT2D eigenvalue weighted by atomic mass is 35.5. The highest BCUT2D eigenvalue weighted by Crippen LogP contribution is 2.73. The molecular formula is C35H34Cl2F3N7O3. The van der Waals surface area contributed by atoms with Gasteiger partial charge in [-0.05, 0) is 25.7 Å². The zero-order valence-electron chi connectivity index (χ0n) is 27.3. The van der Waals surface area contributed by atoms with Crippen LogP contribution in [0.15, 0.2) is 48.8 Å². The van der Waals surface area contributed by atoms with E-state index in [1.807, 2.05) is 36.4 Å². The third-order valence-electron chi connectivity index (χ3n) is 9.88. The molecule has 3 aliphatic carbocycles. The zero-order valence-corrected chi connectivity index (χ0v) is 28.8. The summed E-state index contributed by atoms with van der Waals surface area (Å²) in [4.78, 5) is 30.0. The molecule has 3 heterocycles. The van der Waals surface area contributed by atoms with Crippen LogP contribution in [0.25, 0.3) is 33.6 Å². The molecule has 2 aromatic carbocycles. The Labute approximate surface area is 296 Å². The summed E-state index contributed by atoms with van der Waals surface area (Å²) in [6, 6.07) is 11.1. The first-order valence-electron chi connectivity index (χ1n) is 16.1. The number of hydrogen-bond acceptors (Lipinski definition) is 9. The number of aromatic nitrogens is 4. The predicted molar refractivity (Wildman–Crippen MR) is 182 cm³/mol. The van der Waals surface area contributed by atoms with E-state index < -0.39 is 17.1 Å². The molecule has 50 heavy (non-hydrogen) atoms. The smallest absolute Gasteiger partial charge is 0.394 e. The summed E-state index contributed by atoms with van der Waals surface area (Å²) >= 11 is 14.0. The van der Waals surface area contributed by atoms with Gasteiger partial charge in [0.2, 0.25) is 17.7 Å². The van der Waals surface area contributed by atoms with Crippen LogP contribution < -0.4 is 25.4 Å². The maximum atomic E-state index is 13.3. The van der Waals surface area contributed by atoms with Gasteiger partial charge in [-0.15, -0.1) is 0 Å². The molecule has 4 aliphatic rings. The third-order valence-corrected chi connectivity index (χ3v) is 10.7. The first kappa shape index (κ1) is 34.4. The van der Waals surface area contributed by atoms with Gasteiger partial charge < -0.3 is 25.4 Å². The fraction of sp³-hybridized carbons (Fsp3) is 0.400. The minimum atomic E-state index is -4.17. The standard InChI is InChI=1S/C35H34Cl2F3N7O3/c1-49-31-26(12-41-11-19-9-10-28(48)45-19)42-13-24(46-31)22-7-3-5-20(29(22)36)21-6-4-8-23(30(21)37)25-14-43-27(32(47-25)50-2)15-44-34-16-33(17-34,18-34)35(38,39)40/h3-8,13-14,19,41,44H,9-12,15-18H2,1-2H3,(H,45,48)/t19-,33?,34?/m0/s1. The lowest BCUT2D eigenvalue weighted by Crippen LogP contribution is -2.77. The number of alkyl halides is 3. The number of carbonyl (C=O) groups is 1. The average Bonchev–Trinajstić information content (AvgIpc) is 3.48. The van der Waals surface area contributed by atoms with Crippen molar-refractivity contribution in [2.75, 3.05) is 20.8 Å². The second kappa shape index (κ2) is 13.3. The Hall–Kier alpha value is -4.04. The lowest BCUT2D eigenvalue weighted by Gasteiger charge is -2.70. The van der Waals surface area contributed by atoms with E-state index in [0.717, 1.165) is 6.42 Å². The fourth-order valence-corrected chi connectivity index (χ4v) is 7.89. The van der Waals surface area contributed by atoms with Crippen LogP contribution in [0.5, 0.6) is 11.8 Å². The Morgan fingerprint density at radius 1 is 0.860 bits per heavy atom. The Morgan fingerprint density at radius 2 is 1.38 bits per heavy atom. The number of methoxy groups -OCH3 is 2. The first-order chi connectivity index (χ1) is 23.9. The Kier molecular flexibility index (Phi) is 9.12. The second-order valence-corrected chi connectivity index (χ2v) is 13.9. The maximum absolute atomic E-state index is 13.3. The zero-order chi connectivity index (χ0) is 35.3. The maximum Gasteiger partial charge on any atom is 0.394 e. The quantitative estimate of drug-likeness (QED) is 0.149. The number of hydrogen-bond donors (Lipinski definition) is 3. The summed E-state index contributed by atoms with van der Waals surface area (Å²) < 4.78 is 50.9. The number of halogens is 5. The number of nitrogens with one attached hydrogen (secondary N) is 3. The molecule has 0 radical (unpaired) electrons. The van der Waals surface area contributed by atoms with Gasteiger partial charge in [0.1, 0.15) is 11.4 Å². The molecule has 262 valence electrons. The molecular weight excluding hydrogens is 694 g/mol. The van der Waals surface area contributed by atoms with Crippen molar-refractivity contribution in [1.82, 2.24) is 35.9 Å². The molecule has 1 atom stereocenters. The minimum absolute atomic E-state index is 0.0640. The molecule has 1 saturated heterocycles. The van der Waals surface area contributed by atoms with Crippen LogP contribution in [0.2, 0.25) is 10.0 Å². The van der Waals surface area contributed by atoms with Gasteiger partial charge in [-0.2, -0.15) is 13.2 Å². The molecule has 4 fully saturated rings. The van der Waals surface area contributed by atoms with Gasteiger partial charge in [-0.3, -0.25) is 14.8 Å². The van der Waals surface area contributed by atoms with E-state index >= 15 is 0 Å². The van der Waals surface area contributed by atoms with Gasteiger partial charge in [0.15, 0.2) is 0 Å². The van der Waals surface area contributed by atoms with Gasteiger partial charge in [0.05, 0.1) is 53.5 Å². The van der Waals surface area contributed by atoms with E-state index in [1.165, 1.54) is 14.2 Å². The Morgan fingerprint density at radius 3 is 1.86 bits per heavy atom. The molecule has 2 aromatic heterocycles. The molecule has 0 spiro atoms. The SMILES string of the molecule is COc1nc(-c2cccc(-c3cccc(-c4cnc(CNC56CC(C(F)(F)F)(C5)C6)c(OC)n4)c3Cl)c2Cl)cnc1CNC[C@@H]1CCC(=O)N1. The number of nitrogens with zero attached hydrogens (tertiary/aromatic N) is 4. The van der Waals surface area contributed by atoms with Crippen molar-refractivity contribution >= 4 is 29.1 Å². The van der Waals surface area contributed by atoms with Crippen molar-refractivity contribution in [3.63, 3.8) is 0 Å². The van der Waals surface area contributed by atoms with Crippen LogP contribution in [0.4, 0.5) is 13.2 Å². The summed E-state index contributed by atoms with van der Waals surface area (Å²) in [6.45, 7) is 1.25. The lowest BCUT2D eigenvalue weighted by atomic mass is 9.39. The normalized spacial score (nSPS) is 22.5. The van der Waals surface area contributed by atoms with Crippen LogP contribution in [0.1, 0.15) is 43.5 Å². The molecule has 3 N–H and O–H groups in total. The molecule has 0 unspecified atom stereocenters. The third kappa shape index (κ3) is 6.25. The van der Waals surface area contributed by atoms with E-state index in [-0.39, 0.29) is 43.6 Å². The van der Waals surface area contributed by atoms with Gasteiger partial charge >= 0.3 is 6.18 Å². The number of ether oxygens (including phenoxy) is 2. The Balaban J connectivity index is 1.08. The first-order valence-corrected chi connectivity index (χ1v) is 16.9. The molecule has 15 heteroatoms. The molecule has 3 saturated carbocycles. The lowest BCUT2D eigenvalue weighted by molar-refractivity contribution is -0.339. The van der Waals surface area contributed by atoms with E-state index in [1.54, 1.807) is 12.4 Å². The summed E-state index contributed by atoms with van der Waals surface area (Å²) in [5.74, 6) is 0.673. The van der Waals surface area contributed by atoms with Crippen LogP contribution >= 0.6 is 23.2 Å². The minimum Gasteiger partial charge on any atom is -0.480 e. The van der Waals surface area contributed by atoms with Crippen LogP contribution in [-0.2, 0) is 17.9 Å². The summed E-state index contributed by atoms with van der Waals surface area (Å²) in [6.07, 6.45) is 0.611. The molecule has 10 nitrogen and oxygen atoms in total. The fourth-order valence-electron chi connectivity index (χ4n) is 7.24. The number of rotatable bonds is 12. The van der Waals surface area contributed by atoms with E-state index in [9.17, 15) is 18.0 Å². The monoisotopic (exact) mass is 727 g/mol. The van der Waals surface area contributed by atoms with Crippen LogP contribution in [0, 0.1) is 5.41 Å². The largest absolute Gasteiger partial charge is 0.480 e. The highest BCUT2D eigenvalue weighted by molar-refractivity contribution is 6.39. The number of carbonyl (C=O) groups excluding carboxylic acids is 1. The van der Waals surface area contributed by atoms with Crippen molar-refractivity contribution in [1.29, 1.82) is 0 Å². The van der Waals surface area contributed by atoms with Crippen LogP contribution in [-0.4, -0.2) is 64.4 Å². The van der Waals surface area contributed by atoms with E-state index in [4.69, 9.17) is 37.7 Å². The summed E-state index contributed by atoms with van der Waals surface area (Å²) in [5, 5.41) is 10.3. The number of amides is 1. The van der Waals surface area contributed by atoms with Gasteiger partial charge in [0, 0.05) is 59.9 Å². The summed E-state index contributed by atoms with van der Waals surface area (Å²) in [5.41, 5.74) is 2.58. The van der Waals surface area contributed by atoms with Crippen molar-refractivity contribution in [3.05, 3.63) is 70.2 Å². The average molecular weight is 729 g/mol. The molecule has 1 aliphatic heterocycles. The number of benzene rings is 2. The van der Waals surface area contributed by atoms with Crippen molar-refractivity contribution < 1.29 is 27.4 Å². The Bertz CT molecular complexity index is 1940. The molecule has 8 rings (SSSR count). The molecule has 2 bridgehead atoms. The van der Waals surface area contributed by atoms with Crippen LogP contribution in [0.3, 0.4) is 0 Å². The topological polar surface area (TPSA) is 123 Å². The van der Waals surface area contributed by atoms with Crippen molar-refractivity contribution in [3.8, 4) is 45.4 Å². The van der Waals surface area contributed by atoms with Crippen molar-refractivity contribution in [2.45, 2.75) is 63.0 Å². The van der Waals surface area contributed by atoms with Gasteiger partial charge in [0.25, 0.3) is 0 Å². The highest BCUT2D eigenvalue weighted by Gasteiger charge is 2.78. The van der Waals surface area contributed by atoms with Gasteiger partial charge in [-0.1, -0.05) is 59.6 Å². The van der Waals surface area contributed by atoms with E-state index in [0.29, 0.717) is 80.5 Å². The second-order valence-electron chi connectivity index (χ2n) is 13.1. The molecule has 1 amide bonds. The summed E-state index contributed by atoms with van der Waals surface area (Å²) in [7, 11) is 3.00. The molecule has 4 aromatic rings.